The van der Waals surface area contributed by atoms with E-state index in [0.717, 1.165) is 0 Å². The van der Waals surface area contributed by atoms with E-state index in [9.17, 15) is 8.78 Å². The van der Waals surface area contributed by atoms with Gasteiger partial charge in [0.25, 0.3) is 0 Å². The molecular formula is C16H17Cl2F2N5. The molecule has 2 aromatic heterocycles. The summed E-state index contributed by atoms with van der Waals surface area (Å²) in [6.07, 6.45) is 0.326. The Bertz CT molecular complexity index is 882. The average Bonchev–Trinajstić information content (AvgIpc) is 2.81. The van der Waals surface area contributed by atoms with Crippen molar-refractivity contribution < 1.29 is 8.78 Å². The van der Waals surface area contributed by atoms with Crippen molar-refractivity contribution in [2.75, 3.05) is 5.32 Å². The van der Waals surface area contributed by atoms with Crippen molar-refractivity contribution in [2.24, 2.45) is 5.73 Å². The predicted octanol–water partition coefficient (Wildman–Crippen LogP) is 3.81. The van der Waals surface area contributed by atoms with Gasteiger partial charge in [-0.15, -0.1) is 12.4 Å². The third kappa shape index (κ3) is 4.18. The third-order valence-corrected chi connectivity index (χ3v) is 3.73. The van der Waals surface area contributed by atoms with E-state index in [1.807, 2.05) is 0 Å². The predicted molar refractivity (Wildman–Crippen MR) is 97.2 cm³/mol. The lowest BCUT2D eigenvalue weighted by atomic mass is 10.2. The lowest BCUT2D eigenvalue weighted by Crippen LogP contribution is -2.18. The van der Waals surface area contributed by atoms with E-state index in [4.69, 9.17) is 17.3 Å². The average molecular weight is 388 g/mol. The normalized spacial score (nSPS) is 12.0. The summed E-state index contributed by atoms with van der Waals surface area (Å²) in [5.74, 6) is -0.624. The van der Waals surface area contributed by atoms with Crippen LogP contribution in [-0.2, 0) is 13.0 Å². The minimum atomic E-state index is -0.477. The largest absolute Gasteiger partial charge is 0.365 e. The number of nitrogens with one attached hydrogen (secondary N) is 2. The molecule has 0 aliphatic carbocycles. The van der Waals surface area contributed by atoms with E-state index in [0.29, 0.717) is 17.7 Å². The second-order valence-electron chi connectivity index (χ2n) is 5.61. The SMILES string of the molecule is CC(N)Cc1[nH]c2nc(Cl)nc(NCc3ccccc3F)c2c1F.Cl. The number of anilines is 1. The van der Waals surface area contributed by atoms with E-state index in [-0.39, 0.29) is 52.9 Å². The van der Waals surface area contributed by atoms with E-state index >= 15 is 0 Å². The molecule has 4 N–H and O–H groups in total. The van der Waals surface area contributed by atoms with Crippen molar-refractivity contribution in [1.82, 2.24) is 15.0 Å². The maximum absolute atomic E-state index is 14.7. The fourth-order valence-electron chi connectivity index (χ4n) is 2.49. The van der Waals surface area contributed by atoms with Crippen LogP contribution < -0.4 is 11.1 Å². The summed E-state index contributed by atoms with van der Waals surface area (Å²) in [5, 5.41) is 3.08. The second-order valence-corrected chi connectivity index (χ2v) is 5.95. The molecule has 5 nitrogen and oxygen atoms in total. The fraction of sp³-hybridized carbons (Fsp3) is 0.250. The third-order valence-electron chi connectivity index (χ3n) is 3.57. The molecule has 0 spiro atoms. The molecule has 9 heteroatoms. The Morgan fingerprint density at radius 1 is 1.28 bits per heavy atom. The first kappa shape index (κ1) is 19.4. The van der Waals surface area contributed by atoms with E-state index < -0.39 is 5.82 Å². The highest BCUT2D eigenvalue weighted by Gasteiger charge is 2.19. The van der Waals surface area contributed by atoms with E-state index in [1.54, 1.807) is 25.1 Å². The number of H-pyrrole nitrogens is 1. The minimum absolute atomic E-state index is 0. The Balaban J connectivity index is 0.00000225. The lowest BCUT2D eigenvalue weighted by Gasteiger charge is -2.08. The van der Waals surface area contributed by atoms with Crippen LogP contribution in [0.4, 0.5) is 14.6 Å². The number of fused-ring (bicyclic) bond motifs is 1. The fourth-order valence-corrected chi connectivity index (χ4v) is 2.66. The van der Waals surface area contributed by atoms with Crippen molar-refractivity contribution in [3.8, 4) is 0 Å². The van der Waals surface area contributed by atoms with Crippen molar-refractivity contribution in [2.45, 2.75) is 25.9 Å². The van der Waals surface area contributed by atoms with Crippen molar-refractivity contribution in [3.05, 3.63) is 52.4 Å². The molecule has 0 saturated carbocycles. The molecule has 1 unspecified atom stereocenters. The van der Waals surface area contributed by atoms with Crippen LogP contribution in [0.15, 0.2) is 24.3 Å². The number of nitrogens with two attached hydrogens (primary N) is 1. The first-order valence-corrected chi connectivity index (χ1v) is 7.80. The van der Waals surface area contributed by atoms with Crippen molar-refractivity contribution >= 4 is 40.9 Å². The van der Waals surface area contributed by atoms with Crippen LogP contribution in [0.1, 0.15) is 18.2 Å². The molecule has 1 aromatic carbocycles. The first-order chi connectivity index (χ1) is 11.5. The second kappa shape index (κ2) is 7.95. The highest BCUT2D eigenvalue weighted by Crippen LogP contribution is 2.28. The van der Waals surface area contributed by atoms with Gasteiger partial charge in [0.1, 0.15) is 17.3 Å². The molecule has 0 amide bonds. The number of rotatable bonds is 5. The van der Waals surface area contributed by atoms with Gasteiger partial charge in [0.15, 0.2) is 5.82 Å². The van der Waals surface area contributed by atoms with Gasteiger partial charge in [-0.3, -0.25) is 0 Å². The molecule has 0 fully saturated rings. The number of benzene rings is 1. The molecule has 0 saturated heterocycles. The zero-order valence-electron chi connectivity index (χ0n) is 13.3. The maximum Gasteiger partial charge on any atom is 0.226 e. The molecule has 0 radical (unpaired) electrons. The number of aromatic amines is 1. The summed E-state index contributed by atoms with van der Waals surface area (Å²) in [6.45, 7) is 1.92. The van der Waals surface area contributed by atoms with Crippen LogP contribution in [0, 0.1) is 11.6 Å². The highest BCUT2D eigenvalue weighted by molar-refractivity contribution is 6.28. The van der Waals surface area contributed by atoms with Crippen LogP contribution in [0.3, 0.4) is 0 Å². The van der Waals surface area contributed by atoms with E-state index in [2.05, 4.69) is 20.3 Å². The summed E-state index contributed by atoms with van der Waals surface area (Å²) in [7, 11) is 0. The molecule has 3 rings (SSSR count). The van der Waals surface area contributed by atoms with Crippen molar-refractivity contribution in [3.63, 3.8) is 0 Å². The molecule has 25 heavy (non-hydrogen) atoms. The molecule has 134 valence electrons. The van der Waals surface area contributed by atoms with Gasteiger partial charge in [-0.2, -0.15) is 9.97 Å². The summed E-state index contributed by atoms with van der Waals surface area (Å²) < 4.78 is 28.4. The Morgan fingerprint density at radius 2 is 2.00 bits per heavy atom. The van der Waals surface area contributed by atoms with Crippen LogP contribution in [0.5, 0.6) is 0 Å². The minimum Gasteiger partial charge on any atom is -0.365 e. The maximum atomic E-state index is 14.7. The molecule has 2 heterocycles. The van der Waals surface area contributed by atoms with Gasteiger partial charge >= 0.3 is 0 Å². The van der Waals surface area contributed by atoms with Gasteiger partial charge in [-0.05, 0) is 24.6 Å². The smallest absolute Gasteiger partial charge is 0.226 e. The molecule has 0 bridgehead atoms. The Hall–Kier alpha value is -1.96. The zero-order chi connectivity index (χ0) is 17.3. The molecule has 0 aliphatic rings. The number of halogens is 4. The van der Waals surface area contributed by atoms with Crippen LogP contribution in [0.25, 0.3) is 11.0 Å². The van der Waals surface area contributed by atoms with Gasteiger partial charge in [-0.25, -0.2) is 8.78 Å². The summed E-state index contributed by atoms with van der Waals surface area (Å²) in [4.78, 5) is 10.9. The van der Waals surface area contributed by atoms with Gasteiger partial charge in [0.2, 0.25) is 5.28 Å². The van der Waals surface area contributed by atoms with Gasteiger partial charge in [-0.1, -0.05) is 18.2 Å². The Kier molecular flexibility index (Phi) is 6.16. The van der Waals surface area contributed by atoms with Crippen LogP contribution in [-0.4, -0.2) is 21.0 Å². The number of hydrogen-bond donors (Lipinski definition) is 3. The van der Waals surface area contributed by atoms with Gasteiger partial charge < -0.3 is 16.0 Å². The number of hydrogen-bond acceptors (Lipinski definition) is 4. The monoisotopic (exact) mass is 387 g/mol. The van der Waals surface area contributed by atoms with Crippen molar-refractivity contribution in [1.29, 1.82) is 0 Å². The zero-order valence-corrected chi connectivity index (χ0v) is 14.9. The molecule has 3 aromatic rings. The van der Waals surface area contributed by atoms with Crippen LogP contribution in [0.2, 0.25) is 5.28 Å². The number of aromatic nitrogens is 3. The summed E-state index contributed by atoms with van der Waals surface area (Å²) in [5.41, 5.74) is 6.78. The summed E-state index contributed by atoms with van der Waals surface area (Å²) >= 11 is 5.90. The highest BCUT2D eigenvalue weighted by atomic mass is 35.5. The topological polar surface area (TPSA) is 79.6 Å². The van der Waals surface area contributed by atoms with Gasteiger partial charge in [0.05, 0.1) is 11.1 Å². The van der Waals surface area contributed by atoms with Gasteiger partial charge in [0, 0.05) is 24.6 Å². The molecule has 0 aliphatic heterocycles. The standard InChI is InChI=1S/C16H16ClF2N5.ClH/c1-8(20)6-11-13(19)12-14(23-16(17)24-15(12)22-11)21-7-9-4-2-3-5-10(9)18;/h2-5,8H,6-7,20H2,1H3,(H2,21,22,23,24);1H. The first-order valence-electron chi connectivity index (χ1n) is 7.42. The lowest BCUT2D eigenvalue weighted by molar-refractivity contribution is 0.602. The summed E-state index contributed by atoms with van der Waals surface area (Å²) in [6, 6.07) is 6.10. The quantitative estimate of drug-likeness (QED) is 0.581. The molecule has 1 atom stereocenters. The molecular weight excluding hydrogens is 371 g/mol. The Labute approximate surface area is 154 Å². The van der Waals surface area contributed by atoms with E-state index in [1.165, 1.54) is 6.07 Å². The van der Waals surface area contributed by atoms with Crippen LogP contribution >= 0.6 is 24.0 Å². The number of nitrogens with zero attached hydrogens (tertiary/aromatic N) is 2. The Morgan fingerprint density at radius 3 is 2.68 bits per heavy atom.